The summed E-state index contributed by atoms with van der Waals surface area (Å²) in [6, 6.07) is 9.52. The van der Waals surface area contributed by atoms with Crippen LogP contribution in [0.2, 0.25) is 5.02 Å². The van der Waals surface area contributed by atoms with Gasteiger partial charge < -0.3 is 4.74 Å². The molecule has 0 atom stereocenters. The zero-order valence-corrected chi connectivity index (χ0v) is 11.1. The minimum atomic E-state index is -0.516. The standard InChI is InChI=1S/C15H12ClFO2/c1-2-19-12-5-3-11(9-18)13(8-12)10-4-6-14(16)15(17)7-10/h3-9H,2H2,1H3. The van der Waals surface area contributed by atoms with Gasteiger partial charge in [0.05, 0.1) is 11.6 Å². The number of rotatable bonds is 4. The summed E-state index contributed by atoms with van der Waals surface area (Å²) in [5.41, 5.74) is 1.69. The molecule has 98 valence electrons. The highest BCUT2D eigenvalue weighted by Gasteiger charge is 2.09. The molecule has 0 N–H and O–H groups in total. The molecule has 2 nitrogen and oxygen atoms in total. The molecule has 19 heavy (non-hydrogen) atoms. The van der Waals surface area contributed by atoms with Crippen molar-refractivity contribution in [2.45, 2.75) is 6.92 Å². The summed E-state index contributed by atoms with van der Waals surface area (Å²) >= 11 is 5.65. The Hall–Kier alpha value is -1.87. The van der Waals surface area contributed by atoms with Gasteiger partial charge >= 0.3 is 0 Å². The van der Waals surface area contributed by atoms with Crippen LogP contribution in [0.4, 0.5) is 4.39 Å². The molecule has 0 fully saturated rings. The largest absolute Gasteiger partial charge is 0.494 e. The van der Waals surface area contributed by atoms with Gasteiger partial charge in [-0.3, -0.25) is 4.79 Å². The maximum atomic E-state index is 13.5. The van der Waals surface area contributed by atoms with Crippen LogP contribution in [0.25, 0.3) is 11.1 Å². The van der Waals surface area contributed by atoms with Crippen LogP contribution in [0, 0.1) is 5.82 Å². The van der Waals surface area contributed by atoms with Crippen molar-refractivity contribution in [3.8, 4) is 16.9 Å². The first-order chi connectivity index (χ1) is 9.15. The molecule has 0 radical (unpaired) electrons. The number of carbonyl (C=O) groups excluding carboxylic acids is 1. The van der Waals surface area contributed by atoms with Crippen molar-refractivity contribution in [1.82, 2.24) is 0 Å². The van der Waals surface area contributed by atoms with E-state index < -0.39 is 5.82 Å². The molecule has 0 amide bonds. The van der Waals surface area contributed by atoms with E-state index in [-0.39, 0.29) is 5.02 Å². The smallest absolute Gasteiger partial charge is 0.150 e. The van der Waals surface area contributed by atoms with Crippen LogP contribution >= 0.6 is 11.6 Å². The van der Waals surface area contributed by atoms with E-state index in [1.165, 1.54) is 12.1 Å². The minimum absolute atomic E-state index is 0.0531. The van der Waals surface area contributed by atoms with Crippen LogP contribution in [0.15, 0.2) is 36.4 Å². The maximum absolute atomic E-state index is 13.5. The lowest BCUT2D eigenvalue weighted by atomic mass is 10.00. The molecule has 2 aromatic carbocycles. The fourth-order valence-electron chi connectivity index (χ4n) is 1.81. The lowest BCUT2D eigenvalue weighted by Gasteiger charge is -2.09. The van der Waals surface area contributed by atoms with E-state index in [1.54, 1.807) is 24.3 Å². The number of hydrogen-bond donors (Lipinski definition) is 0. The van der Waals surface area contributed by atoms with Gasteiger partial charge in [-0.05, 0) is 48.4 Å². The van der Waals surface area contributed by atoms with E-state index >= 15 is 0 Å². The molecule has 2 rings (SSSR count). The average molecular weight is 279 g/mol. The van der Waals surface area contributed by atoms with Gasteiger partial charge in [-0.15, -0.1) is 0 Å². The Morgan fingerprint density at radius 1 is 1.26 bits per heavy atom. The lowest BCUT2D eigenvalue weighted by Crippen LogP contribution is -1.94. The lowest BCUT2D eigenvalue weighted by molar-refractivity contribution is 0.112. The van der Waals surface area contributed by atoms with Crippen LogP contribution < -0.4 is 4.74 Å². The third kappa shape index (κ3) is 2.93. The Balaban J connectivity index is 2.54. The molecule has 0 saturated carbocycles. The number of hydrogen-bond acceptors (Lipinski definition) is 2. The van der Waals surface area contributed by atoms with Crippen LogP contribution in [-0.2, 0) is 0 Å². The zero-order valence-electron chi connectivity index (χ0n) is 10.3. The normalized spacial score (nSPS) is 10.3. The van der Waals surface area contributed by atoms with Gasteiger partial charge in [-0.1, -0.05) is 17.7 Å². The van der Waals surface area contributed by atoms with Crippen molar-refractivity contribution in [1.29, 1.82) is 0 Å². The summed E-state index contributed by atoms with van der Waals surface area (Å²) in [5, 5.41) is 0.0531. The Labute approximate surface area is 115 Å². The van der Waals surface area contributed by atoms with Gasteiger partial charge in [0.1, 0.15) is 11.6 Å². The summed E-state index contributed by atoms with van der Waals surface area (Å²) in [7, 11) is 0. The molecule has 0 spiro atoms. The summed E-state index contributed by atoms with van der Waals surface area (Å²) in [5.74, 6) is 0.122. The van der Waals surface area contributed by atoms with E-state index in [2.05, 4.69) is 0 Å². The van der Waals surface area contributed by atoms with Crippen molar-refractivity contribution >= 4 is 17.9 Å². The van der Waals surface area contributed by atoms with Crippen LogP contribution in [0.5, 0.6) is 5.75 Å². The van der Waals surface area contributed by atoms with Gasteiger partial charge in [0.25, 0.3) is 0 Å². The highest BCUT2D eigenvalue weighted by atomic mass is 35.5. The third-order valence-corrected chi connectivity index (χ3v) is 3.00. The first-order valence-corrected chi connectivity index (χ1v) is 6.21. The summed E-state index contributed by atoms with van der Waals surface area (Å²) in [6.07, 6.45) is 0.734. The molecular formula is C15H12ClFO2. The van der Waals surface area contributed by atoms with Gasteiger partial charge in [-0.2, -0.15) is 0 Å². The minimum Gasteiger partial charge on any atom is -0.494 e. The Bertz CT molecular complexity index is 611. The molecule has 0 heterocycles. The van der Waals surface area contributed by atoms with E-state index in [1.807, 2.05) is 6.92 Å². The summed E-state index contributed by atoms with van der Waals surface area (Å²) in [4.78, 5) is 11.1. The first-order valence-electron chi connectivity index (χ1n) is 5.83. The number of benzene rings is 2. The molecule has 0 saturated heterocycles. The van der Waals surface area contributed by atoms with E-state index in [0.717, 1.165) is 6.29 Å². The van der Waals surface area contributed by atoms with Crippen molar-refractivity contribution < 1.29 is 13.9 Å². The molecule has 2 aromatic rings. The van der Waals surface area contributed by atoms with Crippen LogP contribution in [0.3, 0.4) is 0 Å². The summed E-state index contributed by atoms with van der Waals surface area (Å²) in [6.45, 7) is 2.39. The Kier molecular flexibility index (Phi) is 4.17. The zero-order chi connectivity index (χ0) is 13.8. The van der Waals surface area contributed by atoms with Crippen molar-refractivity contribution in [3.05, 3.63) is 52.8 Å². The van der Waals surface area contributed by atoms with Crippen LogP contribution in [-0.4, -0.2) is 12.9 Å². The van der Waals surface area contributed by atoms with E-state index in [0.29, 0.717) is 29.0 Å². The van der Waals surface area contributed by atoms with E-state index in [4.69, 9.17) is 16.3 Å². The maximum Gasteiger partial charge on any atom is 0.150 e. The molecule has 0 aromatic heterocycles. The Morgan fingerprint density at radius 2 is 2.05 bits per heavy atom. The van der Waals surface area contributed by atoms with Crippen molar-refractivity contribution in [2.75, 3.05) is 6.61 Å². The number of halogens is 2. The molecule has 0 bridgehead atoms. The molecule has 4 heteroatoms. The number of carbonyl (C=O) groups is 1. The fraction of sp³-hybridized carbons (Fsp3) is 0.133. The monoisotopic (exact) mass is 278 g/mol. The average Bonchev–Trinajstić information content (AvgIpc) is 2.42. The molecule has 0 aliphatic heterocycles. The molecule has 0 aliphatic rings. The highest BCUT2D eigenvalue weighted by Crippen LogP contribution is 2.29. The second-order valence-corrected chi connectivity index (χ2v) is 4.34. The SMILES string of the molecule is CCOc1ccc(C=O)c(-c2ccc(Cl)c(F)c2)c1. The number of ether oxygens (including phenoxy) is 1. The molecule has 0 aliphatic carbocycles. The van der Waals surface area contributed by atoms with Crippen molar-refractivity contribution in [2.24, 2.45) is 0 Å². The van der Waals surface area contributed by atoms with Gasteiger partial charge in [-0.25, -0.2) is 4.39 Å². The first kappa shape index (κ1) is 13.6. The van der Waals surface area contributed by atoms with E-state index in [9.17, 15) is 9.18 Å². The Morgan fingerprint density at radius 3 is 2.68 bits per heavy atom. The predicted octanol–water partition coefficient (Wildman–Crippen LogP) is 4.36. The number of aldehydes is 1. The quantitative estimate of drug-likeness (QED) is 0.777. The summed E-state index contributed by atoms with van der Waals surface area (Å²) < 4.78 is 18.9. The van der Waals surface area contributed by atoms with Gasteiger partial charge in [0, 0.05) is 5.56 Å². The van der Waals surface area contributed by atoms with Gasteiger partial charge in [0.15, 0.2) is 6.29 Å². The van der Waals surface area contributed by atoms with Crippen LogP contribution in [0.1, 0.15) is 17.3 Å². The second kappa shape index (κ2) is 5.85. The van der Waals surface area contributed by atoms with Gasteiger partial charge in [0.2, 0.25) is 0 Å². The predicted molar refractivity (Wildman–Crippen MR) is 73.4 cm³/mol. The topological polar surface area (TPSA) is 26.3 Å². The third-order valence-electron chi connectivity index (χ3n) is 2.69. The fourth-order valence-corrected chi connectivity index (χ4v) is 1.93. The van der Waals surface area contributed by atoms with Crippen molar-refractivity contribution in [3.63, 3.8) is 0 Å². The highest BCUT2D eigenvalue weighted by molar-refractivity contribution is 6.30. The molecular weight excluding hydrogens is 267 g/mol. The second-order valence-electron chi connectivity index (χ2n) is 3.93. The molecule has 0 unspecified atom stereocenters.